The molecule has 0 bridgehead atoms. The summed E-state index contributed by atoms with van der Waals surface area (Å²) < 4.78 is 1.76. The number of halogens is 2. The smallest absolute Gasteiger partial charge is 0.238 e. The van der Waals surface area contributed by atoms with Gasteiger partial charge in [-0.25, -0.2) is 0 Å². The Bertz CT molecular complexity index is 464. The molecule has 0 aliphatic heterocycles. The molecule has 6 heteroatoms. The molecular weight excluding hydrogens is 376 g/mol. The standard InChI is InChI=1S/C13H18Br2N2O2/c1-13(2,8-18)17(3)7-12(19)16-11-5-4-9(14)6-10(11)15/h4-6,18H,7-8H2,1-3H3,(H,16,19). The largest absolute Gasteiger partial charge is 0.394 e. The number of aliphatic hydroxyl groups excluding tert-OH is 1. The lowest BCUT2D eigenvalue weighted by molar-refractivity contribution is -0.118. The van der Waals surface area contributed by atoms with E-state index in [2.05, 4.69) is 37.2 Å². The molecule has 0 aromatic heterocycles. The number of carbonyl (C=O) groups excluding carboxylic acids is 1. The molecule has 0 fully saturated rings. The van der Waals surface area contributed by atoms with Crippen LogP contribution in [0.15, 0.2) is 27.1 Å². The van der Waals surface area contributed by atoms with Gasteiger partial charge < -0.3 is 10.4 Å². The number of nitrogens with zero attached hydrogens (tertiary/aromatic N) is 1. The zero-order valence-corrected chi connectivity index (χ0v) is 14.4. The summed E-state index contributed by atoms with van der Waals surface area (Å²) in [5.74, 6) is -0.118. The van der Waals surface area contributed by atoms with Crippen LogP contribution in [0.1, 0.15) is 13.8 Å². The highest BCUT2D eigenvalue weighted by atomic mass is 79.9. The Balaban J connectivity index is 2.65. The molecule has 1 aromatic carbocycles. The van der Waals surface area contributed by atoms with Crippen LogP contribution in [0, 0.1) is 0 Å². The van der Waals surface area contributed by atoms with E-state index in [-0.39, 0.29) is 19.1 Å². The fourth-order valence-corrected chi connectivity index (χ4v) is 2.48. The van der Waals surface area contributed by atoms with E-state index in [1.165, 1.54) is 0 Å². The molecule has 19 heavy (non-hydrogen) atoms. The van der Waals surface area contributed by atoms with Gasteiger partial charge in [0.25, 0.3) is 0 Å². The minimum absolute atomic E-state index is 0.00123. The molecule has 4 nitrogen and oxygen atoms in total. The number of hydrogen-bond donors (Lipinski definition) is 2. The fourth-order valence-electron chi connectivity index (χ4n) is 1.33. The van der Waals surface area contributed by atoms with E-state index in [0.717, 1.165) is 14.6 Å². The predicted octanol–water partition coefficient (Wildman–Crippen LogP) is 2.85. The third-order valence-electron chi connectivity index (χ3n) is 3.01. The Labute approximate surface area is 130 Å². The van der Waals surface area contributed by atoms with Gasteiger partial charge in [0.1, 0.15) is 0 Å². The molecule has 0 aliphatic carbocycles. The minimum atomic E-state index is -0.422. The molecule has 0 aliphatic rings. The van der Waals surface area contributed by atoms with Crippen molar-refractivity contribution in [1.29, 1.82) is 0 Å². The molecule has 1 rings (SSSR count). The number of nitrogens with one attached hydrogen (secondary N) is 1. The predicted molar refractivity (Wildman–Crippen MR) is 84.3 cm³/mol. The van der Waals surface area contributed by atoms with Gasteiger partial charge in [-0.05, 0) is 55.0 Å². The maximum Gasteiger partial charge on any atom is 0.238 e. The summed E-state index contributed by atoms with van der Waals surface area (Å²) in [6.07, 6.45) is 0. The average molecular weight is 394 g/mol. The third kappa shape index (κ3) is 4.87. The van der Waals surface area contributed by atoms with Crippen molar-refractivity contribution < 1.29 is 9.90 Å². The quantitative estimate of drug-likeness (QED) is 0.808. The number of carbonyl (C=O) groups is 1. The van der Waals surface area contributed by atoms with Crippen molar-refractivity contribution in [3.63, 3.8) is 0 Å². The van der Waals surface area contributed by atoms with Crippen molar-refractivity contribution in [2.45, 2.75) is 19.4 Å². The highest BCUT2D eigenvalue weighted by molar-refractivity contribution is 9.11. The van der Waals surface area contributed by atoms with Crippen LogP contribution < -0.4 is 5.32 Å². The van der Waals surface area contributed by atoms with Gasteiger partial charge in [0.15, 0.2) is 0 Å². The van der Waals surface area contributed by atoms with Crippen LogP contribution in [-0.4, -0.2) is 41.7 Å². The maximum absolute atomic E-state index is 12.0. The van der Waals surface area contributed by atoms with Crippen LogP contribution in [0.25, 0.3) is 0 Å². The number of rotatable bonds is 5. The number of amides is 1. The normalized spacial score (nSPS) is 11.7. The molecule has 1 amide bonds. The van der Waals surface area contributed by atoms with E-state index in [0.29, 0.717) is 0 Å². The Morgan fingerprint density at radius 1 is 1.42 bits per heavy atom. The second kappa shape index (κ2) is 6.83. The first kappa shape index (κ1) is 16.6. The third-order valence-corrected chi connectivity index (χ3v) is 4.16. The summed E-state index contributed by atoms with van der Waals surface area (Å²) in [5, 5.41) is 12.1. The van der Waals surface area contributed by atoms with Crippen LogP contribution >= 0.6 is 31.9 Å². The van der Waals surface area contributed by atoms with Crippen molar-refractivity contribution >= 4 is 43.5 Å². The lowest BCUT2D eigenvalue weighted by Crippen LogP contribution is -2.47. The Kier molecular flexibility index (Phi) is 5.98. The summed E-state index contributed by atoms with van der Waals surface area (Å²) in [4.78, 5) is 13.8. The molecule has 0 atom stereocenters. The molecule has 0 saturated heterocycles. The average Bonchev–Trinajstić information content (AvgIpc) is 2.32. The van der Waals surface area contributed by atoms with Gasteiger partial charge in [-0.2, -0.15) is 0 Å². The Morgan fingerprint density at radius 2 is 2.05 bits per heavy atom. The maximum atomic E-state index is 12.0. The molecule has 0 heterocycles. The van der Waals surface area contributed by atoms with E-state index in [9.17, 15) is 9.90 Å². The van der Waals surface area contributed by atoms with E-state index in [1.54, 1.807) is 0 Å². The Morgan fingerprint density at radius 3 is 2.58 bits per heavy atom. The minimum Gasteiger partial charge on any atom is -0.394 e. The first-order valence-electron chi connectivity index (χ1n) is 5.83. The zero-order valence-electron chi connectivity index (χ0n) is 11.2. The van der Waals surface area contributed by atoms with Crippen molar-refractivity contribution in [1.82, 2.24) is 4.90 Å². The van der Waals surface area contributed by atoms with Crippen LogP contribution in [0.2, 0.25) is 0 Å². The number of likely N-dealkylation sites (N-methyl/N-ethyl adjacent to an activating group) is 1. The van der Waals surface area contributed by atoms with Crippen LogP contribution in [-0.2, 0) is 4.79 Å². The van der Waals surface area contributed by atoms with Gasteiger partial charge >= 0.3 is 0 Å². The first-order chi connectivity index (χ1) is 8.76. The number of hydrogen-bond acceptors (Lipinski definition) is 3. The van der Waals surface area contributed by atoms with Crippen molar-refractivity contribution in [3.8, 4) is 0 Å². The van der Waals surface area contributed by atoms with Crippen molar-refractivity contribution in [2.24, 2.45) is 0 Å². The molecule has 0 radical (unpaired) electrons. The zero-order chi connectivity index (χ0) is 14.6. The van der Waals surface area contributed by atoms with Gasteiger partial charge in [0.05, 0.1) is 18.8 Å². The van der Waals surface area contributed by atoms with Crippen molar-refractivity contribution in [3.05, 3.63) is 27.1 Å². The van der Waals surface area contributed by atoms with Gasteiger partial charge in [0.2, 0.25) is 5.91 Å². The van der Waals surface area contributed by atoms with Gasteiger partial charge in [-0.15, -0.1) is 0 Å². The number of anilines is 1. The summed E-state index contributed by atoms with van der Waals surface area (Å²) in [6, 6.07) is 5.56. The molecule has 2 N–H and O–H groups in total. The first-order valence-corrected chi connectivity index (χ1v) is 7.42. The summed E-state index contributed by atoms with van der Waals surface area (Å²) in [6.45, 7) is 3.99. The van der Waals surface area contributed by atoms with Crippen LogP contribution in [0.4, 0.5) is 5.69 Å². The van der Waals surface area contributed by atoms with E-state index >= 15 is 0 Å². The van der Waals surface area contributed by atoms with Gasteiger partial charge in [0, 0.05) is 14.5 Å². The van der Waals surface area contributed by atoms with Crippen molar-refractivity contribution in [2.75, 3.05) is 25.5 Å². The monoisotopic (exact) mass is 392 g/mol. The van der Waals surface area contributed by atoms with E-state index in [4.69, 9.17) is 0 Å². The molecule has 0 saturated carbocycles. The molecule has 106 valence electrons. The topological polar surface area (TPSA) is 52.6 Å². The van der Waals surface area contributed by atoms with Gasteiger partial charge in [-0.3, -0.25) is 9.69 Å². The molecule has 1 aromatic rings. The summed E-state index contributed by atoms with van der Waals surface area (Å²) in [7, 11) is 1.81. The second-order valence-electron chi connectivity index (χ2n) is 5.00. The lowest BCUT2D eigenvalue weighted by Gasteiger charge is -2.33. The van der Waals surface area contributed by atoms with Crippen LogP contribution in [0.3, 0.4) is 0 Å². The molecule has 0 spiro atoms. The van der Waals surface area contributed by atoms with Gasteiger partial charge in [-0.1, -0.05) is 15.9 Å². The number of benzene rings is 1. The molecular formula is C13H18Br2N2O2. The number of aliphatic hydroxyl groups is 1. The second-order valence-corrected chi connectivity index (χ2v) is 6.77. The molecule has 0 unspecified atom stereocenters. The lowest BCUT2D eigenvalue weighted by atomic mass is 10.1. The highest BCUT2D eigenvalue weighted by Gasteiger charge is 2.24. The van der Waals surface area contributed by atoms with Crippen LogP contribution in [0.5, 0.6) is 0 Å². The summed E-state index contributed by atoms with van der Waals surface area (Å²) >= 11 is 6.76. The van der Waals surface area contributed by atoms with E-state index in [1.807, 2.05) is 44.0 Å². The fraction of sp³-hybridized carbons (Fsp3) is 0.462. The SMILES string of the molecule is CN(CC(=O)Nc1ccc(Br)cc1Br)C(C)(C)CO. The summed E-state index contributed by atoms with van der Waals surface area (Å²) in [5.41, 5.74) is 0.303. The highest BCUT2D eigenvalue weighted by Crippen LogP contribution is 2.26. The van der Waals surface area contributed by atoms with E-state index < -0.39 is 5.54 Å². The Hall–Kier alpha value is -0.430.